The van der Waals surface area contributed by atoms with Crippen LogP contribution in [0.5, 0.6) is 0 Å². The van der Waals surface area contributed by atoms with Crippen molar-refractivity contribution >= 4 is 22.8 Å². The third kappa shape index (κ3) is 3.47. The fourth-order valence-corrected chi connectivity index (χ4v) is 3.82. The van der Waals surface area contributed by atoms with Gasteiger partial charge in [-0.2, -0.15) is 13.2 Å². The number of nitrogens with two attached hydrogens (primary N) is 1. The van der Waals surface area contributed by atoms with Gasteiger partial charge >= 0.3 is 12.1 Å². The van der Waals surface area contributed by atoms with E-state index in [4.69, 9.17) is 19.9 Å². The average molecular weight is 431 g/mol. The highest BCUT2D eigenvalue weighted by Crippen LogP contribution is 2.44. The second-order valence-electron chi connectivity index (χ2n) is 7.51. The Balaban J connectivity index is 1.72. The quantitative estimate of drug-likeness (QED) is 0.641. The van der Waals surface area contributed by atoms with Gasteiger partial charge in [0.1, 0.15) is 36.1 Å². The summed E-state index contributed by atoms with van der Waals surface area (Å²) in [6, 6.07) is 0. The minimum atomic E-state index is -5.02. The van der Waals surface area contributed by atoms with E-state index in [1.807, 2.05) is 5.32 Å². The molecule has 0 aliphatic carbocycles. The summed E-state index contributed by atoms with van der Waals surface area (Å²) in [7, 11) is 0. The van der Waals surface area contributed by atoms with Crippen molar-refractivity contribution in [3.05, 3.63) is 18.1 Å². The monoisotopic (exact) mass is 431 g/mol. The number of aromatic nitrogens is 3. The zero-order valence-electron chi connectivity index (χ0n) is 16.0. The molecule has 0 spiro atoms. The van der Waals surface area contributed by atoms with Crippen LogP contribution < -0.4 is 11.1 Å². The molecule has 2 saturated heterocycles. The zero-order chi connectivity index (χ0) is 21.8. The van der Waals surface area contributed by atoms with Crippen LogP contribution in [-0.2, 0) is 25.5 Å². The van der Waals surface area contributed by atoms with Gasteiger partial charge in [0.2, 0.25) is 0 Å². The number of rotatable bonds is 4. The third-order valence-corrected chi connectivity index (χ3v) is 4.99. The highest BCUT2D eigenvalue weighted by Gasteiger charge is 2.56. The molecule has 0 aromatic carbocycles. The maximum absolute atomic E-state index is 12.6. The van der Waals surface area contributed by atoms with E-state index in [-0.39, 0.29) is 29.0 Å². The van der Waals surface area contributed by atoms with E-state index in [0.717, 1.165) is 0 Å². The van der Waals surface area contributed by atoms with Crippen molar-refractivity contribution in [2.75, 3.05) is 12.3 Å². The summed E-state index contributed by atoms with van der Waals surface area (Å²) >= 11 is 0. The number of carbonyl (C=O) groups is 1. The van der Waals surface area contributed by atoms with Gasteiger partial charge in [0, 0.05) is 18.3 Å². The van der Waals surface area contributed by atoms with Gasteiger partial charge in [-0.1, -0.05) is 0 Å². The molecule has 2 aliphatic rings. The standard InChI is InChI=1S/C17H20F3N5O5/c1-16(2)29-10-8(5-26)28-14(11(10)30-16)25-4-7(3-22-15(27)17(18,19)20)9-12(21)23-6-24-13(9)25/h4,6,8,10-11,14,26H,3,5H2,1-2H3,(H,22,27)(H2,21,23,24)/t8-,10?,11?,14-/m1/s1. The van der Waals surface area contributed by atoms with Gasteiger partial charge in [-0.05, 0) is 13.8 Å². The molecule has 10 nitrogen and oxygen atoms in total. The molecule has 0 bridgehead atoms. The van der Waals surface area contributed by atoms with E-state index in [1.54, 1.807) is 18.4 Å². The second-order valence-corrected chi connectivity index (χ2v) is 7.51. The number of aliphatic hydroxyl groups excluding tert-OH is 1. The van der Waals surface area contributed by atoms with Crippen molar-refractivity contribution in [3.63, 3.8) is 0 Å². The number of nitrogens with zero attached hydrogens (tertiary/aromatic N) is 3. The average Bonchev–Trinajstić information content (AvgIpc) is 3.27. The number of anilines is 1. The first-order chi connectivity index (χ1) is 14.0. The number of fused-ring (bicyclic) bond motifs is 2. The number of nitrogen functional groups attached to an aromatic ring is 1. The summed E-state index contributed by atoms with van der Waals surface area (Å²) in [6.07, 6.45) is -4.97. The number of nitrogens with one attached hydrogen (secondary N) is 1. The Bertz CT molecular complexity index is 979. The van der Waals surface area contributed by atoms with Crippen molar-refractivity contribution < 1.29 is 37.3 Å². The largest absolute Gasteiger partial charge is 0.471 e. The Kier molecular flexibility index (Phi) is 4.88. The maximum Gasteiger partial charge on any atom is 0.471 e. The van der Waals surface area contributed by atoms with Crippen LogP contribution in [0.25, 0.3) is 11.0 Å². The Morgan fingerprint density at radius 2 is 2.03 bits per heavy atom. The van der Waals surface area contributed by atoms with Gasteiger partial charge < -0.3 is 34.9 Å². The summed E-state index contributed by atoms with van der Waals surface area (Å²) < 4.78 is 56.9. The molecular formula is C17H20F3N5O5. The summed E-state index contributed by atoms with van der Waals surface area (Å²) in [5.41, 5.74) is 6.48. The number of carbonyl (C=O) groups excluding carboxylic acids is 1. The first kappa shape index (κ1) is 20.8. The lowest BCUT2D eigenvalue weighted by molar-refractivity contribution is -0.199. The number of amides is 1. The van der Waals surface area contributed by atoms with Crippen molar-refractivity contribution in [2.45, 2.75) is 56.9 Å². The van der Waals surface area contributed by atoms with Gasteiger partial charge in [-0.15, -0.1) is 0 Å². The molecule has 2 unspecified atom stereocenters. The fourth-order valence-electron chi connectivity index (χ4n) is 3.82. The molecule has 2 fully saturated rings. The van der Waals surface area contributed by atoms with Gasteiger partial charge in [-0.3, -0.25) is 4.79 Å². The Hall–Kier alpha value is -2.48. The lowest BCUT2D eigenvalue weighted by Gasteiger charge is -2.24. The molecule has 164 valence electrons. The Labute approximate surface area is 168 Å². The molecule has 1 amide bonds. The van der Waals surface area contributed by atoms with Crippen molar-refractivity contribution in [1.82, 2.24) is 19.9 Å². The van der Waals surface area contributed by atoms with Crippen molar-refractivity contribution in [1.29, 1.82) is 0 Å². The topological polar surface area (TPSA) is 134 Å². The minimum Gasteiger partial charge on any atom is -0.394 e. The number of ether oxygens (including phenoxy) is 3. The van der Waals surface area contributed by atoms with Gasteiger partial charge in [0.25, 0.3) is 0 Å². The van der Waals surface area contributed by atoms with E-state index in [1.165, 1.54) is 12.5 Å². The third-order valence-electron chi connectivity index (χ3n) is 4.99. The summed E-state index contributed by atoms with van der Waals surface area (Å²) in [5, 5.41) is 11.8. The number of halogens is 3. The predicted molar refractivity (Wildman–Crippen MR) is 94.7 cm³/mol. The minimum absolute atomic E-state index is 0.0344. The molecule has 2 aromatic heterocycles. The van der Waals surface area contributed by atoms with Gasteiger partial charge in [0.05, 0.1) is 12.0 Å². The summed E-state index contributed by atoms with van der Waals surface area (Å²) in [4.78, 5) is 19.3. The van der Waals surface area contributed by atoms with Crippen molar-refractivity contribution in [3.8, 4) is 0 Å². The van der Waals surface area contributed by atoms with E-state index in [2.05, 4.69) is 9.97 Å². The van der Waals surface area contributed by atoms with E-state index < -0.39 is 49.0 Å². The van der Waals surface area contributed by atoms with E-state index in [0.29, 0.717) is 0 Å². The first-order valence-electron chi connectivity index (χ1n) is 9.08. The second kappa shape index (κ2) is 7.04. The normalized spacial score (nSPS) is 28.1. The van der Waals surface area contributed by atoms with Crippen LogP contribution in [0.2, 0.25) is 0 Å². The Morgan fingerprint density at radius 1 is 1.33 bits per heavy atom. The Morgan fingerprint density at radius 3 is 2.70 bits per heavy atom. The SMILES string of the molecule is CC1(C)OC2C(O1)[C@@H](CO)O[C@H]2n1cc(CNC(=O)C(F)(F)F)c2c(N)ncnc21. The number of hydrogen-bond donors (Lipinski definition) is 3. The van der Waals surface area contributed by atoms with Gasteiger partial charge in [0.15, 0.2) is 12.0 Å². The van der Waals surface area contributed by atoms with Crippen LogP contribution in [0.3, 0.4) is 0 Å². The lowest BCUT2D eigenvalue weighted by Crippen LogP contribution is -2.36. The molecule has 0 radical (unpaired) electrons. The van der Waals surface area contributed by atoms with Crippen LogP contribution in [0.4, 0.5) is 19.0 Å². The summed E-state index contributed by atoms with van der Waals surface area (Å²) in [6.45, 7) is 2.68. The molecule has 13 heteroatoms. The molecule has 4 N–H and O–H groups in total. The highest BCUT2D eigenvalue weighted by molar-refractivity contribution is 5.90. The summed E-state index contributed by atoms with van der Waals surface area (Å²) in [5.74, 6) is -2.96. The van der Waals surface area contributed by atoms with Crippen LogP contribution in [-0.4, -0.2) is 62.4 Å². The van der Waals surface area contributed by atoms with Crippen LogP contribution in [0, 0.1) is 0 Å². The lowest BCUT2D eigenvalue weighted by atomic mass is 10.1. The number of hydrogen-bond acceptors (Lipinski definition) is 8. The van der Waals surface area contributed by atoms with Gasteiger partial charge in [-0.25, -0.2) is 9.97 Å². The molecular weight excluding hydrogens is 411 g/mol. The molecule has 2 aromatic rings. The molecule has 4 heterocycles. The smallest absolute Gasteiger partial charge is 0.394 e. The molecule has 4 atom stereocenters. The van der Waals surface area contributed by atoms with Crippen LogP contribution >= 0.6 is 0 Å². The molecule has 2 aliphatic heterocycles. The van der Waals surface area contributed by atoms with Crippen LogP contribution in [0.1, 0.15) is 25.6 Å². The highest BCUT2D eigenvalue weighted by atomic mass is 19.4. The predicted octanol–water partition coefficient (Wildman–Crippen LogP) is 0.602. The molecule has 30 heavy (non-hydrogen) atoms. The van der Waals surface area contributed by atoms with Crippen LogP contribution in [0.15, 0.2) is 12.5 Å². The molecule has 0 saturated carbocycles. The number of aliphatic hydroxyl groups is 1. The molecule has 4 rings (SSSR count). The number of alkyl halides is 3. The maximum atomic E-state index is 12.6. The first-order valence-corrected chi connectivity index (χ1v) is 9.08. The van der Waals surface area contributed by atoms with Crippen molar-refractivity contribution in [2.24, 2.45) is 0 Å². The fraction of sp³-hybridized carbons (Fsp3) is 0.588. The van der Waals surface area contributed by atoms with E-state index >= 15 is 0 Å². The van der Waals surface area contributed by atoms with E-state index in [9.17, 15) is 23.1 Å². The zero-order valence-corrected chi connectivity index (χ0v) is 16.0.